The Bertz CT molecular complexity index is 1250. The smallest absolute Gasteiger partial charge is 0.252 e. The predicted molar refractivity (Wildman–Crippen MR) is 134 cm³/mol. The summed E-state index contributed by atoms with van der Waals surface area (Å²) in [4.78, 5) is 22.1. The Kier molecular flexibility index (Phi) is 8.02. The van der Waals surface area contributed by atoms with E-state index >= 15 is 4.39 Å². The lowest BCUT2D eigenvalue weighted by Gasteiger charge is -2.21. The summed E-state index contributed by atoms with van der Waals surface area (Å²) in [6.45, 7) is -0.0772. The molecule has 0 radical (unpaired) electrons. The molecule has 1 aliphatic heterocycles. The number of pyridine rings is 1. The monoisotopic (exact) mass is 493 g/mol. The third-order valence-electron chi connectivity index (χ3n) is 5.74. The van der Waals surface area contributed by atoms with E-state index in [9.17, 15) is 15.0 Å². The fourth-order valence-electron chi connectivity index (χ4n) is 4.02. The molecule has 0 unspecified atom stereocenters. The topological polar surface area (TPSA) is 94.8 Å². The number of aliphatic imine (C=N–C) groups is 1. The zero-order valence-corrected chi connectivity index (χ0v) is 19.6. The molecular weight excluding hydrogens is 469 g/mol. The number of hydrogen-bond acceptors (Lipinski definition) is 5. The number of amides is 1. The number of halogens is 2. The van der Waals surface area contributed by atoms with Gasteiger partial charge in [-0.3, -0.25) is 14.8 Å². The molecule has 0 saturated heterocycles. The van der Waals surface area contributed by atoms with Crippen LogP contribution in [-0.2, 0) is 6.42 Å². The fourth-order valence-corrected chi connectivity index (χ4v) is 4.15. The van der Waals surface area contributed by atoms with Crippen LogP contribution in [0, 0.1) is 5.82 Å². The van der Waals surface area contributed by atoms with E-state index in [1.54, 1.807) is 36.5 Å². The van der Waals surface area contributed by atoms with Crippen molar-refractivity contribution >= 4 is 28.8 Å². The van der Waals surface area contributed by atoms with Crippen molar-refractivity contribution in [1.82, 2.24) is 10.3 Å². The number of nitrogens with one attached hydrogen (secondary N) is 1. The molecule has 2 heterocycles. The Morgan fingerprint density at radius 3 is 2.63 bits per heavy atom. The molecule has 0 aliphatic carbocycles. The maximum Gasteiger partial charge on any atom is 0.252 e. The molecule has 0 spiro atoms. The summed E-state index contributed by atoms with van der Waals surface area (Å²) >= 11 is 5.98. The van der Waals surface area contributed by atoms with Crippen LogP contribution in [0.15, 0.2) is 77.9 Å². The molecule has 0 saturated carbocycles. The number of benzene rings is 2. The largest absolute Gasteiger partial charge is 0.394 e. The third kappa shape index (κ3) is 6.19. The van der Waals surface area contributed by atoms with Crippen molar-refractivity contribution in [3.8, 4) is 0 Å². The lowest BCUT2D eigenvalue weighted by molar-refractivity contribution is 0.0739. The van der Waals surface area contributed by atoms with Gasteiger partial charge in [0.25, 0.3) is 5.91 Å². The number of aromatic nitrogens is 1. The van der Waals surface area contributed by atoms with Gasteiger partial charge in [0.05, 0.1) is 30.5 Å². The lowest BCUT2D eigenvalue weighted by Crippen LogP contribution is -2.40. The number of carbonyl (C=O) groups is 1. The zero-order chi connectivity index (χ0) is 24.8. The minimum atomic E-state index is -1.01. The van der Waals surface area contributed by atoms with Crippen LogP contribution in [0.5, 0.6) is 0 Å². The second kappa shape index (κ2) is 11.4. The standard InChI is InChI=1S/C27H25ClFN3O3/c28-19-9-7-17(8-10-19)18-12-25(31-15-18)26-23(5-3-6-24(26)29)27(35)32-21(14-22(34)16-33)13-20-4-1-2-11-30-20/h1-12,21-22,33-34H,13-16H2,(H,32,35)/t21-,22+/m1/s1. The Hall–Kier alpha value is -3.39. The van der Waals surface area contributed by atoms with Crippen LogP contribution in [0.25, 0.3) is 5.57 Å². The second-order valence-corrected chi connectivity index (χ2v) is 8.74. The Balaban J connectivity index is 1.59. The van der Waals surface area contributed by atoms with Crippen LogP contribution >= 0.6 is 11.6 Å². The number of hydrogen-bond donors (Lipinski definition) is 3. The first-order valence-electron chi connectivity index (χ1n) is 11.2. The van der Waals surface area contributed by atoms with Crippen molar-refractivity contribution in [3.05, 3.63) is 106 Å². The number of rotatable bonds is 9. The van der Waals surface area contributed by atoms with Gasteiger partial charge in [-0.15, -0.1) is 0 Å². The molecule has 6 nitrogen and oxygen atoms in total. The summed E-state index contributed by atoms with van der Waals surface area (Å²) < 4.78 is 15.0. The van der Waals surface area contributed by atoms with Crippen LogP contribution in [0.3, 0.4) is 0 Å². The summed E-state index contributed by atoms with van der Waals surface area (Å²) in [5.74, 6) is -1.05. The molecule has 1 amide bonds. The normalized spacial score (nSPS) is 14.7. The number of aliphatic hydroxyl groups excluding tert-OH is 2. The molecule has 2 atom stereocenters. The van der Waals surface area contributed by atoms with Crippen LogP contribution in [0.4, 0.5) is 4.39 Å². The third-order valence-corrected chi connectivity index (χ3v) is 6.00. The molecule has 3 N–H and O–H groups in total. The number of carbonyl (C=O) groups excluding carboxylic acids is 1. The van der Waals surface area contributed by atoms with Gasteiger partial charge in [0.1, 0.15) is 5.82 Å². The van der Waals surface area contributed by atoms with Gasteiger partial charge in [-0.1, -0.05) is 35.9 Å². The van der Waals surface area contributed by atoms with Crippen LogP contribution in [-0.4, -0.2) is 52.1 Å². The van der Waals surface area contributed by atoms with Crippen molar-refractivity contribution in [2.24, 2.45) is 4.99 Å². The molecule has 0 fully saturated rings. The lowest BCUT2D eigenvalue weighted by atomic mass is 9.98. The number of nitrogens with zero attached hydrogens (tertiary/aromatic N) is 2. The van der Waals surface area contributed by atoms with Gasteiger partial charge in [0.15, 0.2) is 0 Å². The minimum absolute atomic E-state index is 0.116. The Labute approximate surface area is 207 Å². The summed E-state index contributed by atoms with van der Waals surface area (Å²) in [5, 5.41) is 22.8. The highest BCUT2D eigenvalue weighted by molar-refractivity contribution is 6.30. The average molecular weight is 494 g/mol. The van der Waals surface area contributed by atoms with Gasteiger partial charge < -0.3 is 15.5 Å². The van der Waals surface area contributed by atoms with Gasteiger partial charge in [-0.05, 0) is 60.0 Å². The zero-order valence-electron chi connectivity index (χ0n) is 18.9. The average Bonchev–Trinajstić information content (AvgIpc) is 3.34. The van der Waals surface area contributed by atoms with E-state index in [4.69, 9.17) is 11.6 Å². The molecule has 8 heteroatoms. The highest BCUT2D eigenvalue weighted by Gasteiger charge is 2.24. The highest BCUT2D eigenvalue weighted by atomic mass is 35.5. The first-order chi connectivity index (χ1) is 16.9. The van der Waals surface area contributed by atoms with Crippen molar-refractivity contribution in [2.75, 3.05) is 13.2 Å². The minimum Gasteiger partial charge on any atom is -0.394 e. The second-order valence-electron chi connectivity index (χ2n) is 8.31. The maximum absolute atomic E-state index is 15.0. The van der Waals surface area contributed by atoms with Gasteiger partial charge in [0.2, 0.25) is 0 Å². The van der Waals surface area contributed by atoms with Gasteiger partial charge >= 0.3 is 0 Å². The quantitative estimate of drug-likeness (QED) is 0.422. The van der Waals surface area contributed by atoms with E-state index in [2.05, 4.69) is 15.3 Å². The molecule has 2 aromatic carbocycles. The van der Waals surface area contributed by atoms with Crippen molar-refractivity contribution in [3.63, 3.8) is 0 Å². The van der Waals surface area contributed by atoms with E-state index in [-0.39, 0.29) is 17.5 Å². The Morgan fingerprint density at radius 1 is 1.11 bits per heavy atom. The molecular formula is C27H25ClFN3O3. The van der Waals surface area contributed by atoms with Crippen LogP contribution < -0.4 is 5.32 Å². The van der Waals surface area contributed by atoms with Crippen molar-refractivity contribution in [2.45, 2.75) is 25.0 Å². The predicted octanol–water partition coefficient (Wildman–Crippen LogP) is 3.84. The summed E-state index contributed by atoms with van der Waals surface area (Å²) in [6, 6.07) is 16.5. The van der Waals surface area contributed by atoms with Crippen LogP contribution in [0.2, 0.25) is 5.02 Å². The number of aliphatic hydroxyl groups is 2. The molecule has 1 aromatic heterocycles. The summed E-state index contributed by atoms with van der Waals surface area (Å²) in [7, 11) is 0. The molecule has 3 aromatic rings. The maximum atomic E-state index is 15.0. The van der Waals surface area contributed by atoms with Crippen molar-refractivity contribution in [1.29, 1.82) is 0 Å². The van der Waals surface area contributed by atoms with E-state index in [1.165, 1.54) is 12.1 Å². The molecule has 4 rings (SSSR count). The van der Waals surface area contributed by atoms with Crippen LogP contribution in [0.1, 0.15) is 33.6 Å². The molecule has 1 aliphatic rings. The van der Waals surface area contributed by atoms with Gasteiger partial charge in [0, 0.05) is 34.9 Å². The first-order valence-corrected chi connectivity index (χ1v) is 11.6. The van der Waals surface area contributed by atoms with Crippen molar-refractivity contribution < 1.29 is 19.4 Å². The van der Waals surface area contributed by atoms with Gasteiger partial charge in [-0.2, -0.15) is 0 Å². The summed E-state index contributed by atoms with van der Waals surface area (Å²) in [5.41, 5.74) is 3.18. The first kappa shape index (κ1) is 24.7. The van der Waals surface area contributed by atoms with Gasteiger partial charge in [-0.25, -0.2) is 4.39 Å². The molecule has 35 heavy (non-hydrogen) atoms. The molecule has 180 valence electrons. The van der Waals surface area contributed by atoms with E-state index in [0.29, 0.717) is 23.7 Å². The Morgan fingerprint density at radius 2 is 1.91 bits per heavy atom. The van der Waals surface area contributed by atoms with E-state index < -0.39 is 30.5 Å². The van der Waals surface area contributed by atoms with E-state index in [0.717, 1.165) is 16.8 Å². The number of allylic oxidation sites excluding steroid dienone is 1. The highest BCUT2D eigenvalue weighted by Crippen LogP contribution is 2.26. The van der Waals surface area contributed by atoms with E-state index in [1.807, 2.05) is 24.3 Å². The fraction of sp³-hybridized carbons (Fsp3) is 0.222. The molecule has 0 bridgehead atoms. The SMILES string of the molecule is O=C(N[C@H](Cc1ccccn1)C[C@H](O)CO)c1cccc(F)c1C1=NCC(c2ccc(Cl)cc2)=C1. The summed E-state index contributed by atoms with van der Waals surface area (Å²) in [6.07, 6.45) is 2.87.